The molecule has 2 heterocycles. The molecule has 0 spiro atoms. The third kappa shape index (κ3) is 4.13. The first-order valence-corrected chi connectivity index (χ1v) is 9.55. The second-order valence-electron chi connectivity index (χ2n) is 7.25. The highest BCUT2D eigenvalue weighted by molar-refractivity contribution is 5.22. The van der Waals surface area contributed by atoms with E-state index in [0.717, 1.165) is 31.4 Å². The summed E-state index contributed by atoms with van der Waals surface area (Å²) in [5.41, 5.74) is 3.08. The molecule has 0 radical (unpaired) electrons. The molecule has 0 N–H and O–H groups in total. The van der Waals surface area contributed by atoms with Crippen molar-refractivity contribution in [3.8, 4) is 5.75 Å². The molecular formula is C23H27NO. The second kappa shape index (κ2) is 7.88. The van der Waals surface area contributed by atoms with Crippen LogP contribution >= 0.6 is 0 Å². The fourth-order valence-corrected chi connectivity index (χ4v) is 4.24. The van der Waals surface area contributed by atoms with Gasteiger partial charge in [-0.05, 0) is 49.8 Å². The lowest BCUT2D eigenvalue weighted by Gasteiger charge is -2.34. The number of fused-ring (bicyclic) bond motifs is 2. The number of nitrogens with zero attached hydrogens (tertiary/aromatic N) is 1. The van der Waals surface area contributed by atoms with Gasteiger partial charge in [-0.15, -0.1) is 0 Å². The van der Waals surface area contributed by atoms with Gasteiger partial charge in [0.25, 0.3) is 0 Å². The van der Waals surface area contributed by atoms with E-state index in [9.17, 15) is 0 Å². The molecule has 2 aliphatic heterocycles. The van der Waals surface area contributed by atoms with E-state index >= 15 is 0 Å². The molecule has 1 fully saturated rings. The molecule has 2 nitrogen and oxygen atoms in total. The zero-order valence-corrected chi connectivity index (χ0v) is 14.8. The predicted octanol–water partition coefficient (Wildman–Crippen LogP) is 5.21. The monoisotopic (exact) mass is 333 g/mol. The van der Waals surface area contributed by atoms with Crippen molar-refractivity contribution in [2.75, 3.05) is 6.61 Å². The van der Waals surface area contributed by atoms with Crippen molar-refractivity contribution in [1.82, 2.24) is 4.90 Å². The highest BCUT2D eigenvalue weighted by atomic mass is 16.5. The maximum Gasteiger partial charge on any atom is 0.119 e. The molecule has 2 heteroatoms. The maximum absolute atomic E-state index is 5.83. The molecule has 0 aromatic heterocycles. The van der Waals surface area contributed by atoms with Crippen LogP contribution in [-0.2, 0) is 6.54 Å². The van der Waals surface area contributed by atoms with Gasteiger partial charge in [0.15, 0.2) is 0 Å². The van der Waals surface area contributed by atoms with Crippen LogP contribution in [0.2, 0.25) is 0 Å². The van der Waals surface area contributed by atoms with Crippen molar-refractivity contribution in [1.29, 1.82) is 0 Å². The van der Waals surface area contributed by atoms with Crippen LogP contribution in [0.25, 0.3) is 0 Å². The summed E-state index contributed by atoms with van der Waals surface area (Å²) in [6.45, 7) is 1.90. The van der Waals surface area contributed by atoms with Crippen LogP contribution < -0.4 is 4.74 Å². The normalized spacial score (nSPS) is 22.6. The molecule has 0 amide bonds. The molecular weight excluding hydrogens is 306 g/mol. The Balaban J connectivity index is 1.28. The lowest BCUT2D eigenvalue weighted by Crippen LogP contribution is -2.38. The Labute approximate surface area is 151 Å². The van der Waals surface area contributed by atoms with E-state index in [2.05, 4.69) is 41.3 Å². The fourth-order valence-electron chi connectivity index (χ4n) is 4.24. The molecule has 2 aliphatic rings. The molecule has 2 unspecified atom stereocenters. The van der Waals surface area contributed by atoms with Crippen molar-refractivity contribution in [2.45, 2.75) is 50.7 Å². The molecule has 0 aliphatic carbocycles. The van der Waals surface area contributed by atoms with Crippen LogP contribution in [0.15, 0.2) is 72.3 Å². The Morgan fingerprint density at radius 3 is 2.44 bits per heavy atom. The summed E-state index contributed by atoms with van der Waals surface area (Å²) in [5.74, 6) is 0.981. The van der Waals surface area contributed by atoms with E-state index in [1.54, 1.807) is 5.57 Å². The highest BCUT2D eigenvalue weighted by Gasteiger charge is 2.35. The van der Waals surface area contributed by atoms with Gasteiger partial charge in [-0.25, -0.2) is 0 Å². The molecule has 2 bridgehead atoms. The van der Waals surface area contributed by atoms with E-state index in [1.165, 1.54) is 31.2 Å². The lowest BCUT2D eigenvalue weighted by molar-refractivity contribution is 0.193. The van der Waals surface area contributed by atoms with Gasteiger partial charge in [0, 0.05) is 18.6 Å². The quantitative estimate of drug-likeness (QED) is 0.509. The number of rotatable bonds is 7. The molecule has 25 heavy (non-hydrogen) atoms. The Bertz CT molecular complexity index is 695. The third-order valence-electron chi connectivity index (χ3n) is 5.48. The topological polar surface area (TPSA) is 12.5 Å². The Morgan fingerprint density at radius 2 is 1.68 bits per heavy atom. The Hall–Kier alpha value is -2.06. The van der Waals surface area contributed by atoms with E-state index in [-0.39, 0.29) is 0 Å². The molecule has 1 saturated heterocycles. The van der Waals surface area contributed by atoms with Crippen molar-refractivity contribution in [2.24, 2.45) is 0 Å². The molecule has 130 valence electrons. The fraction of sp³-hybridized carbons (Fsp3) is 0.391. The van der Waals surface area contributed by atoms with Gasteiger partial charge in [0.1, 0.15) is 5.75 Å². The first-order valence-electron chi connectivity index (χ1n) is 9.55. The van der Waals surface area contributed by atoms with Crippen LogP contribution in [0.1, 0.15) is 37.7 Å². The summed E-state index contributed by atoms with van der Waals surface area (Å²) < 4.78 is 5.83. The zero-order valence-electron chi connectivity index (χ0n) is 14.8. The molecule has 0 saturated carbocycles. The van der Waals surface area contributed by atoms with Gasteiger partial charge in [0.2, 0.25) is 0 Å². The minimum absolute atomic E-state index is 0.643. The number of hydrogen-bond donors (Lipinski definition) is 0. The molecule has 4 rings (SSSR count). The maximum atomic E-state index is 5.83. The predicted molar refractivity (Wildman–Crippen MR) is 103 cm³/mol. The van der Waals surface area contributed by atoms with Crippen molar-refractivity contribution in [3.63, 3.8) is 0 Å². The number of hydrogen-bond acceptors (Lipinski definition) is 2. The first kappa shape index (κ1) is 16.4. The van der Waals surface area contributed by atoms with Gasteiger partial charge >= 0.3 is 0 Å². The van der Waals surface area contributed by atoms with E-state index in [1.807, 2.05) is 30.3 Å². The van der Waals surface area contributed by atoms with Crippen molar-refractivity contribution < 1.29 is 4.74 Å². The standard InChI is InChI=1S/C23H27NO/c1-3-8-19(9-4-1)18-24-21-13-14-22(24)17-20(16-21)10-7-15-25-23-11-5-2-6-12-23/h1-6,8-9,11-12,16,21-22H,7,10,13-15,17-18H2. The third-order valence-corrected chi connectivity index (χ3v) is 5.48. The average molecular weight is 333 g/mol. The Morgan fingerprint density at radius 1 is 0.920 bits per heavy atom. The number of ether oxygens (including phenoxy) is 1. The van der Waals surface area contributed by atoms with Gasteiger partial charge in [-0.2, -0.15) is 0 Å². The zero-order chi connectivity index (χ0) is 16.9. The van der Waals surface area contributed by atoms with Gasteiger partial charge in [0.05, 0.1) is 6.61 Å². The average Bonchev–Trinajstić information content (AvgIpc) is 2.89. The number of benzene rings is 2. The van der Waals surface area contributed by atoms with Gasteiger partial charge < -0.3 is 4.74 Å². The molecule has 2 aromatic rings. The summed E-state index contributed by atoms with van der Waals surface area (Å²) in [7, 11) is 0. The minimum Gasteiger partial charge on any atom is -0.494 e. The van der Waals surface area contributed by atoms with Crippen LogP contribution in [0.5, 0.6) is 5.75 Å². The van der Waals surface area contributed by atoms with E-state index in [4.69, 9.17) is 4.74 Å². The van der Waals surface area contributed by atoms with Gasteiger partial charge in [-0.1, -0.05) is 60.2 Å². The SMILES string of the molecule is C1=C(CCCOc2ccccc2)CC2CCC1N2Cc1ccccc1. The van der Waals surface area contributed by atoms with E-state index in [0.29, 0.717) is 6.04 Å². The summed E-state index contributed by atoms with van der Waals surface area (Å²) in [6, 6.07) is 22.4. The summed E-state index contributed by atoms with van der Waals surface area (Å²) in [4.78, 5) is 2.71. The second-order valence-corrected chi connectivity index (χ2v) is 7.25. The van der Waals surface area contributed by atoms with Crippen molar-refractivity contribution >= 4 is 0 Å². The summed E-state index contributed by atoms with van der Waals surface area (Å²) in [5, 5.41) is 0. The molecule has 2 aromatic carbocycles. The minimum atomic E-state index is 0.643. The lowest BCUT2D eigenvalue weighted by atomic mass is 9.97. The smallest absolute Gasteiger partial charge is 0.119 e. The highest BCUT2D eigenvalue weighted by Crippen LogP contribution is 2.37. The van der Waals surface area contributed by atoms with Crippen LogP contribution in [-0.4, -0.2) is 23.6 Å². The Kier molecular flexibility index (Phi) is 5.17. The van der Waals surface area contributed by atoms with E-state index < -0.39 is 0 Å². The van der Waals surface area contributed by atoms with Crippen LogP contribution in [0.3, 0.4) is 0 Å². The van der Waals surface area contributed by atoms with Gasteiger partial charge in [-0.3, -0.25) is 4.90 Å². The first-order chi connectivity index (χ1) is 12.4. The summed E-state index contributed by atoms with van der Waals surface area (Å²) >= 11 is 0. The summed E-state index contributed by atoms with van der Waals surface area (Å²) in [6.07, 6.45) is 8.75. The van der Waals surface area contributed by atoms with Crippen molar-refractivity contribution in [3.05, 3.63) is 77.9 Å². The largest absolute Gasteiger partial charge is 0.494 e. The van der Waals surface area contributed by atoms with Crippen LogP contribution in [0, 0.1) is 0 Å². The molecule has 2 atom stereocenters. The number of para-hydroxylation sites is 1. The van der Waals surface area contributed by atoms with Crippen LogP contribution in [0.4, 0.5) is 0 Å².